The molecule has 0 aliphatic rings. The van der Waals surface area contributed by atoms with Gasteiger partial charge in [-0.1, -0.05) is 18.2 Å². The van der Waals surface area contributed by atoms with Crippen LogP contribution in [0, 0.1) is 0 Å². The third kappa shape index (κ3) is 6.32. The van der Waals surface area contributed by atoms with Crippen molar-refractivity contribution in [2.45, 2.75) is 32.7 Å². The quantitative estimate of drug-likeness (QED) is 0.177. The predicted octanol–water partition coefficient (Wildman–Crippen LogP) is 3.41. The van der Waals surface area contributed by atoms with Crippen LogP contribution in [-0.2, 0) is 19.1 Å². The number of anilines is 3. The van der Waals surface area contributed by atoms with Crippen LogP contribution in [0.25, 0.3) is 21.7 Å². The molecule has 0 radical (unpaired) electrons. The first-order chi connectivity index (χ1) is 18.8. The lowest BCUT2D eigenvalue weighted by Gasteiger charge is -2.17. The Hall–Kier alpha value is -4.93. The van der Waals surface area contributed by atoms with E-state index in [4.69, 9.17) is 15.2 Å². The number of rotatable bonds is 10. The Bertz CT molecular complexity index is 1580. The highest BCUT2D eigenvalue weighted by Gasteiger charge is 2.24. The molecule has 0 saturated carbocycles. The first-order valence-electron chi connectivity index (χ1n) is 12.5. The van der Waals surface area contributed by atoms with Gasteiger partial charge in [0.05, 0.1) is 24.1 Å². The van der Waals surface area contributed by atoms with Crippen LogP contribution in [0.3, 0.4) is 0 Å². The molecule has 1 aromatic heterocycles. The molecule has 4 aromatic rings. The molecule has 39 heavy (non-hydrogen) atoms. The minimum Gasteiger partial charge on any atom is -0.466 e. The molecule has 5 N–H and O–H groups in total. The first kappa shape index (κ1) is 27.1. The third-order valence-electron chi connectivity index (χ3n) is 5.99. The number of esters is 2. The number of carbonyl (C=O) groups excluding carboxylic acids is 3. The molecule has 11 heteroatoms. The summed E-state index contributed by atoms with van der Waals surface area (Å²) in [6, 6.07) is 14.8. The van der Waals surface area contributed by atoms with E-state index in [0.717, 1.165) is 16.5 Å². The van der Waals surface area contributed by atoms with Gasteiger partial charge in [0, 0.05) is 28.7 Å². The van der Waals surface area contributed by atoms with Gasteiger partial charge in [-0.2, -0.15) is 0 Å². The Morgan fingerprint density at radius 3 is 2.44 bits per heavy atom. The van der Waals surface area contributed by atoms with E-state index in [1.165, 1.54) is 0 Å². The zero-order valence-electron chi connectivity index (χ0n) is 21.6. The smallest absolute Gasteiger partial charge is 0.328 e. The number of nitrogens with two attached hydrogens (primary N) is 1. The van der Waals surface area contributed by atoms with Crippen molar-refractivity contribution in [1.29, 1.82) is 0 Å². The molecule has 4 rings (SSSR count). The van der Waals surface area contributed by atoms with Crippen molar-refractivity contribution in [2.24, 2.45) is 0 Å². The molecule has 0 aliphatic heterocycles. The summed E-state index contributed by atoms with van der Waals surface area (Å²) in [7, 11) is 0. The van der Waals surface area contributed by atoms with Gasteiger partial charge < -0.3 is 25.8 Å². The van der Waals surface area contributed by atoms with Gasteiger partial charge in [0.15, 0.2) is 0 Å². The van der Waals surface area contributed by atoms with Gasteiger partial charge in [-0.3, -0.25) is 19.4 Å². The summed E-state index contributed by atoms with van der Waals surface area (Å²) < 4.78 is 9.95. The van der Waals surface area contributed by atoms with Gasteiger partial charge in [0.25, 0.3) is 11.5 Å². The standard InChI is InChI=1S/C28H29N5O6/c1-3-38-23(34)15-14-22(27(37)39-4-2)31-25(35)16-8-10-17(11-9-16)30-20-7-5-6-19-18(20)12-13-21-24(19)26(36)33-28(29)32-21/h5-13,22,30H,3-4,14-15H2,1-2H3,(H,31,35)(H3,29,32,33,36)/t22-/m0/s1. The molecule has 1 heterocycles. The number of aromatic amines is 1. The molecule has 1 amide bonds. The maximum atomic E-state index is 12.9. The summed E-state index contributed by atoms with van der Waals surface area (Å²) in [4.78, 5) is 56.2. The van der Waals surface area contributed by atoms with E-state index in [1.54, 1.807) is 44.2 Å². The number of amides is 1. The average Bonchev–Trinajstić information content (AvgIpc) is 2.91. The van der Waals surface area contributed by atoms with Crippen molar-refractivity contribution in [3.63, 3.8) is 0 Å². The highest BCUT2D eigenvalue weighted by molar-refractivity contribution is 6.10. The average molecular weight is 532 g/mol. The van der Waals surface area contributed by atoms with Crippen molar-refractivity contribution in [2.75, 3.05) is 24.3 Å². The molecular formula is C28H29N5O6. The number of aromatic nitrogens is 2. The topological polar surface area (TPSA) is 165 Å². The van der Waals surface area contributed by atoms with Crippen LogP contribution in [0.2, 0.25) is 0 Å². The zero-order valence-corrected chi connectivity index (χ0v) is 21.6. The van der Waals surface area contributed by atoms with Crippen molar-refractivity contribution in [1.82, 2.24) is 15.3 Å². The fourth-order valence-corrected chi connectivity index (χ4v) is 4.21. The van der Waals surface area contributed by atoms with Crippen molar-refractivity contribution in [3.8, 4) is 0 Å². The van der Waals surface area contributed by atoms with Gasteiger partial charge >= 0.3 is 11.9 Å². The number of hydrogen-bond acceptors (Lipinski definition) is 9. The van der Waals surface area contributed by atoms with Crippen LogP contribution in [-0.4, -0.2) is 47.1 Å². The fraction of sp³-hybridized carbons (Fsp3) is 0.250. The highest BCUT2D eigenvalue weighted by atomic mass is 16.5. The normalized spacial score (nSPS) is 11.6. The SMILES string of the molecule is CCOC(=O)CC[C@H](NC(=O)c1ccc(Nc2cccc3c2ccc2nc(N)[nH]c(=O)c23)cc1)C(=O)OCC. The molecule has 0 saturated heterocycles. The van der Waals surface area contributed by atoms with Crippen molar-refractivity contribution >= 4 is 56.8 Å². The van der Waals surface area contributed by atoms with Crippen molar-refractivity contribution in [3.05, 3.63) is 70.5 Å². The highest BCUT2D eigenvalue weighted by Crippen LogP contribution is 2.30. The number of nitrogen functional groups attached to an aromatic ring is 1. The Morgan fingerprint density at radius 1 is 0.974 bits per heavy atom. The summed E-state index contributed by atoms with van der Waals surface area (Å²) in [6.45, 7) is 3.74. The van der Waals surface area contributed by atoms with E-state index in [9.17, 15) is 19.2 Å². The number of H-pyrrole nitrogens is 1. The second kappa shape index (κ2) is 12.1. The number of benzene rings is 3. The number of nitrogens with zero attached hydrogens (tertiary/aromatic N) is 1. The summed E-state index contributed by atoms with van der Waals surface area (Å²) in [5.41, 5.74) is 7.64. The molecule has 11 nitrogen and oxygen atoms in total. The van der Waals surface area contributed by atoms with Gasteiger partial charge in [0.2, 0.25) is 5.95 Å². The van der Waals surface area contributed by atoms with E-state index < -0.39 is 23.9 Å². The molecule has 0 unspecified atom stereocenters. The van der Waals surface area contributed by atoms with Crippen LogP contribution in [0.15, 0.2) is 59.4 Å². The van der Waals surface area contributed by atoms with Crippen LogP contribution >= 0.6 is 0 Å². The molecule has 0 bridgehead atoms. The summed E-state index contributed by atoms with van der Waals surface area (Å²) in [6.07, 6.45) is 0.0276. The first-order valence-corrected chi connectivity index (χ1v) is 12.5. The van der Waals surface area contributed by atoms with E-state index >= 15 is 0 Å². The monoisotopic (exact) mass is 531 g/mol. The largest absolute Gasteiger partial charge is 0.466 e. The number of hydrogen-bond donors (Lipinski definition) is 4. The van der Waals surface area contributed by atoms with Crippen LogP contribution in [0.4, 0.5) is 17.3 Å². The second-order valence-corrected chi connectivity index (χ2v) is 8.64. The molecule has 1 atom stereocenters. The van der Waals surface area contributed by atoms with Gasteiger partial charge in [0.1, 0.15) is 6.04 Å². The zero-order chi connectivity index (χ0) is 27.9. The maximum Gasteiger partial charge on any atom is 0.328 e. The Morgan fingerprint density at radius 2 is 1.72 bits per heavy atom. The minimum absolute atomic E-state index is 0.0317. The molecular weight excluding hydrogens is 502 g/mol. The van der Waals surface area contributed by atoms with E-state index in [0.29, 0.717) is 22.2 Å². The van der Waals surface area contributed by atoms with Gasteiger partial charge in [-0.05, 0) is 62.1 Å². The fourth-order valence-electron chi connectivity index (χ4n) is 4.21. The summed E-state index contributed by atoms with van der Waals surface area (Å²) in [5, 5.41) is 7.93. The Labute approximate surface area is 223 Å². The second-order valence-electron chi connectivity index (χ2n) is 8.64. The number of ether oxygens (including phenoxy) is 2. The van der Waals surface area contributed by atoms with Gasteiger partial charge in [-0.25, -0.2) is 9.78 Å². The number of nitrogens with one attached hydrogen (secondary N) is 3. The lowest BCUT2D eigenvalue weighted by atomic mass is 10.0. The number of fused-ring (bicyclic) bond motifs is 3. The third-order valence-corrected chi connectivity index (χ3v) is 5.99. The number of carbonyl (C=O) groups is 3. The van der Waals surface area contributed by atoms with Gasteiger partial charge in [-0.15, -0.1) is 0 Å². The molecule has 0 spiro atoms. The molecule has 0 fully saturated rings. The lowest BCUT2D eigenvalue weighted by Crippen LogP contribution is -2.42. The Kier molecular flexibility index (Phi) is 8.40. The van der Waals surface area contributed by atoms with Crippen LogP contribution in [0.1, 0.15) is 37.0 Å². The lowest BCUT2D eigenvalue weighted by molar-refractivity contribution is -0.146. The maximum absolute atomic E-state index is 12.9. The van der Waals surface area contributed by atoms with Crippen LogP contribution < -0.4 is 21.9 Å². The molecule has 3 aromatic carbocycles. The van der Waals surface area contributed by atoms with E-state index in [1.807, 2.05) is 24.3 Å². The predicted molar refractivity (Wildman–Crippen MR) is 148 cm³/mol. The van der Waals surface area contributed by atoms with E-state index in [2.05, 4.69) is 20.6 Å². The minimum atomic E-state index is -0.988. The Balaban J connectivity index is 1.51. The van der Waals surface area contributed by atoms with Crippen molar-refractivity contribution < 1.29 is 23.9 Å². The summed E-state index contributed by atoms with van der Waals surface area (Å²) >= 11 is 0. The van der Waals surface area contributed by atoms with Crippen LogP contribution in [0.5, 0.6) is 0 Å². The van der Waals surface area contributed by atoms with E-state index in [-0.39, 0.29) is 37.6 Å². The molecule has 202 valence electrons. The summed E-state index contributed by atoms with van der Waals surface area (Å²) in [5.74, 6) is -1.50. The molecule has 0 aliphatic carbocycles.